The molecule has 0 aliphatic heterocycles. The highest BCUT2D eigenvalue weighted by molar-refractivity contribution is 5.26. The molecule has 0 aliphatic carbocycles. The zero-order chi connectivity index (χ0) is 10.5. The van der Waals surface area contributed by atoms with E-state index in [1.165, 1.54) is 5.56 Å². The fourth-order valence-corrected chi connectivity index (χ4v) is 0.534. The van der Waals surface area contributed by atoms with Crippen LogP contribution in [0.3, 0.4) is 0 Å². The van der Waals surface area contributed by atoms with Crippen LogP contribution in [0.1, 0.15) is 6.99 Å². The summed E-state index contributed by atoms with van der Waals surface area (Å²) in [6, 6.07) is 10.3. The lowest BCUT2D eigenvalue weighted by Crippen LogP contribution is -1.62. The van der Waals surface area contributed by atoms with E-state index in [1.807, 2.05) is 18.2 Å². The summed E-state index contributed by atoms with van der Waals surface area (Å²) in [4.78, 5) is 16.7. The maximum Gasteiger partial charge on any atom is 0.231 e. The molecule has 70 valence electrons. The molecule has 13 heavy (non-hydrogen) atoms. The van der Waals surface area contributed by atoms with Gasteiger partial charge in [-0.3, -0.25) is 0 Å². The van der Waals surface area contributed by atoms with Crippen molar-refractivity contribution in [3.8, 4) is 0 Å². The van der Waals surface area contributed by atoms with Crippen LogP contribution < -0.4 is 0 Å². The molecule has 0 saturated carbocycles. The molecule has 0 fully saturated rings. The molecule has 0 aromatic heterocycles. The topological polar surface area (TPSA) is 81.8 Å². The summed E-state index contributed by atoms with van der Waals surface area (Å²) < 4.78 is 0. The standard InChI is InChI=1S/C7H8.2CHNO.H2/c1-7-5-3-2-4-6-7;2*2-1-3;/h2-6H,1H3;2*2H;1H. The molecule has 2 N–H and O–H groups in total. The minimum atomic E-state index is 0. The predicted octanol–water partition coefficient (Wildman–Crippen LogP) is 2.04. The van der Waals surface area contributed by atoms with E-state index in [2.05, 4.69) is 19.1 Å². The minimum Gasteiger partial charge on any atom is -0.222 e. The van der Waals surface area contributed by atoms with Gasteiger partial charge in [-0.15, -0.1) is 0 Å². The summed E-state index contributed by atoms with van der Waals surface area (Å²) in [6.07, 6.45) is 1.50. The van der Waals surface area contributed by atoms with Crippen LogP contribution in [0.2, 0.25) is 0 Å². The number of hydrogen-bond donors (Lipinski definition) is 2. The van der Waals surface area contributed by atoms with Gasteiger partial charge in [0, 0.05) is 1.43 Å². The van der Waals surface area contributed by atoms with Crippen molar-refractivity contribution in [3.63, 3.8) is 0 Å². The van der Waals surface area contributed by atoms with Crippen molar-refractivity contribution in [1.82, 2.24) is 0 Å². The van der Waals surface area contributed by atoms with Crippen LogP contribution in [0.25, 0.3) is 0 Å². The summed E-state index contributed by atoms with van der Waals surface area (Å²) in [5.74, 6) is 0. The smallest absolute Gasteiger partial charge is 0.222 e. The number of isocyanates is 2. The Balaban J connectivity index is -0.000000150. The van der Waals surface area contributed by atoms with Gasteiger partial charge in [0.25, 0.3) is 0 Å². The van der Waals surface area contributed by atoms with Crippen molar-refractivity contribution in [2.24, 2.45) is 0 Å². The molecule has 4 heteroatoms. The lowest BCUT2D eigenvalue weighted by Gasteiger charge is -1.82. The minimum absolute atomic E-state index is 0. The summed E-state index contributed by atoms with van der Waals surface area (Å²) >= 11 is 0. The second kappa shape index (κ2) is 12.6. The number of rotatable bonds is 0. The van der Waals surface area contributed by atoms with Gasteiger partial charge in [0.2, 0.25) is 12.2 Å². The number of nitrogens with one attached hydrogen (secondary N) is 2. The van der Waals surface area contributed by atoms with Gasteiger partial charge < -0.3 is 0 Å². The lowest BCUT2D eigenvalue weighted by atomic mass is 10.2. The van der Waals surface area contributed by atoms with Crippen LogP contribution in [0.5, 0.6) is 0 Å². The summed E-state index contributed by atoms with van der Waals surface area (Å²) in [6.45, 7) is 2.08. The molecule has 1 aromatic rings. The Kier molecular flexibility index (Phi) is 13.2. The van der Waals surface area contributed by atoms with Crippen molar-refractivity contribution in [2.75, 3.05) is 0 Å². The number of hydrogen-bond acceptors (Lipinski definition) is 4. The van der Waals surface area contributed by atoms with Gasteiger partial charge in [0.1, 0.15) is 0 Å². The molecule has 0 spiro atoms. The number of aryl methyl sites for hydroxylation is 1. The second-order valence-corrected chi connectivity index (χ2v) is 1.86. The Hall–Kier alpha value is -2.02. The van der Waals surface area contributed by atoms with Crippen molar-refractivity contribution in [3.05, 3.63) is 35.9 Å². The highest BCUT2D eigenvalue weighted by Gasteiger charge is 1.72. The number of carbonyl (C=O) groups excluding carboxylic acids is 2. The van der Waals surface area contributed by atoms with Crippen LogP contribution in [0, 0.1) is 17.7 Å². The fraction of sp³-hybridized carbons (Fsp3) is 0.111. The summed E-state index contributed by atoms with van der Waals surface area (Å²) in [7, 11) is 0. The molecule has 0 unspecified atom stereocenters. The van der Waals surface area contributed by atoms with Gasteiger partial charge in [-0.1, -0.05) is 35.9 Å². The zero-order valence-corrected chi connectivity index (χ0v) is 7.20. The van der Waals surface area contributed by atoms with Crippen LogP contribution in [-0.4, -0.2) is 12.2 Å². The van der Waals surface area contributed by atoms with Crippen molar-refractivity contribution in [1.29, 1.82) is 10.8 Å². The molecule has 4 nitrogen and oxygen atoms in total. The van der Waals surface area contributed by atoms with Crippen molar-refractivity contribution < 1.29 is 11.0 Å². The molecular weight excluding hydrogens is 168 g/mol. The molecule has 0 bridgehead atoms. The maximum atomic E-state index is 8.35. The van der Waals surface area contributed by atoms with E-state index in [4.69, 9.17) is 20.4 Å². The average Bonchev–Trinajstić information content (AvgIpc) is 2.08. The van der Waals surface area contributed by atoms with Crippen LogP contribution in [0.15, 0.2) is 30.3 Å². The van der Waals surface area contributed by atoms with Gasteiger partial charge in [0.05, 0.1) is 0 Å². The summed E-state index contributed by atoms with van der Waals surface area (Å²) in [5.41, 5.74) is 1.32. The third kappa shape index (κ3) is 17.8. The van der Waals surface area contributed by atoms with E-state index in [0.29, 0.717) is 0 Å². The van der Waals surface area contributed by atoms with Crippen molar-refractivity contribution in [2.45, 2.75) is 6.92 Å². The normalized spacial score (nSPS) is 5.92. The van der Waals surface area contributed by atoms with E-state index in [9.17, 15) is 0 Å². The third-order valence-electron chi connectivity index (χ3n) is 0.940. The third-order valence-corrected chi connectivity index (χ3v) is 0.940. The van der Waals surface area contributed by atoms with Crippen molar-refractivity contribution >= 4 is 12.2 Å². The van der Waals surface area contributed by atoms with E-state index in [1.54, 1.807) is 0 Å². The summed E-state index contributed by atoms with van der Waals surface area (Å²) in [5, 5.41) is 10.8. The van der Waals surface area contributed by atoms with E-state index in [-0.39, 0.29) is 1.43 Å². The zero-order valence-electron chi connectivity index (χ0n) is 7.20. The predicted molar refractivity (Wildman–Crippen MR) is 50.1 cm³/mol. The largest absolute Gasteiger partial charge is 0.231 e. The first kappa shape index (κ1) is 13.6. The molecule has 0 aliphatic rings. The molecule has 0 atom stereocenters. The average molecular weight is 180 g/mol. The Morgan fingerprint density at radius 2 is 1.38 bits per heavy atom. The monoisotopic (exact) mass is 180 g/mol. The Labute approximate surface area is 77.7 Å². The number of benzene rings is 1. The lowest BCUT2D eigenvalue weighted by molar-refractivity contribution is 0.562. The molecule has 0 saturated heterocycles. The van der Waals surface area contributed by atoms with Gasteiger partial charge in [-0.25, -0.2) is 20.4 Å². The highest BCUT2D eigenvalue weighted by atomic mass is 16.1. The molecule has 0 amide bonds. The fourth-order valence-electron chi connectivity index (χ4n) is 0.534. The van der Waals surface area contributed by atoms with E-state index >= 15 is 0 Å². The van der Waals surface area contributed by atoms with Gasteiger partial charge in [0.15, 0.2) is 0 Å². The quantitative estimate of drug-likeness (QED) is 0.473. The second-order valence-electron chi connectivity index (χ2n) is 1.86. The highest BCUT2D eigenvalue weighted by Crippen LogP contribution is 1.92. The first-order valence-corrected chi connectivity index (χ1v) is 3.32. The van der Waals surface area contributed by atoms with Gasteiger partial charge in [-0.2, -0.15) is 0 Å². The molecule has 1 aromatic carbocycles. The first-order valence-electron chi connectivity index (χ1n) is 3.32. The van der Waals surface area contributed by atoms with E-state index in [0.717, 1.165) is 12.2 Å². The van der Waals surface area contributed by atoms with Gasteiger partial charge in [-0.05, 0) is 6.92 Å². The van der Waals surface area contributed by atoms with Crippen LogP contribution >= 0.6 is 0 Å². The maximum absolute atomic E-state index is 8.35. The molecular formula is C9H12N2O2. The Morgan fingerprint density at radius 1 is 1.08 bits per heavy atom. The Morgan fingerprint density at radius 3 is 1.54 bits per heavy atom. The molecule has 0 radical (unpaired) electrons. The first-order chi connectivity index (χ1) is 6.22. The van der Waals surface area contributed by atoms with Gasteiger partial charge >= 0.3 is 0 Å². The SMILES string of the molecule is Cc1ccccc1.N=C=O.N=C=O.[HH]. The van der Waals surface area contributed by atoms with Crippen LogP contribution in [-0.2, 0) is 9.59 Å². The molecule has 0 heterocycles. The molecule has 1 rings (SSSR count). The Bertz CT molecular complexity index is 264. The van der Waals surface area contributed by atoms with E-state index < -0.39 is 0 Å². The van der Waals surface area contributed by atoms with Crippen LogP contribution in [0.4, 0.5) is 0 Å².